The molecule has 1 aromatic heterocycles. The molecule has 1 atom stereocenters. The van der Waals surface area contributed by atoms with Crippen molar-refractivity contribution in [1.82, 2.24) is 4.98 Å². The zero-order valence-electron chi connectivity index (χ0n) is 18.3. The molecule has 0 bridgehead atoms. The Morgan fingerprint density at radius 2 is 1.91 bits per heavy atom. The third-order valence-electron chi connectivity index (χ3n) is 6.13. The SMILES string of the molecule is Cc1cc(N2CC[C@H](OCC3CC3)C2)c2ccc(OCc3ccc(C#N)cc3)cc2n1.Cl. The van der Waals surface area contributed by atoms with Crippen molar-refractivity contribution in [3.63, 3.8) is 0 Å². The van der Waals surface area contributed by atoms with Crippen molar-refractivity contribution < 1.29 is 9.47 Å². The Morgan fingerprint density at radius 3 is 2.66 bits per heavy atom. The first-order valence-corrected chi connectivity index (χ1v) is 11.1. The number of rotatable bonds is 7. The van der Waals surface area contributed by atoms with Gasteiger partial charge in [-0.15, -0.1) is 12.4 Å². The second kappa shape index (κ2) is 9.77. The average Bonchev–Trinajstić information content (AvgIpc) is 3.51. The van der Waals surface area contributed by atoms with Gasteiger partial charge < -0.3 is 14.4 Å². The average molecular weight is 450 g/mol. The summed E-state index contributed by atoms with van der Waals surface area (Å²) in [5.41, 5.74) is 4.89. The zero-order valence-corrected chi connectivity index (χ0v) is 19.1. The summed E-state index contributed by atoms with van der Waals surface area (Å²) in [7, 11) is 0. The Kier molecular flexibility index (Phi) is 6.83. The van der Waals surface area contributed by atoms with E-state index in [0.717, 1.165) is 59.9 Å². The molecule has 5 nitrogen and oxygen atoms in total. The van der Waals surface area contributed by atoms with Gasteiger partial charge in [-0.25, -0.2) is 0 Å². The smallest absolute Gasteiger partial charge is 0.122 e. The minimum absolute atomic E-state index is 0. The van der Waals surface area contributed by atoms with Crippen molar-refractivity contribution >= 4 is 29.0 Å². The molecule has 1 saturated carbocycles. The van der Waals surface area contributed by atoms with Crippen LogP contribution in [0.2, 0.25) is 0 Å². The summed E-state index contributed by atoms with van der Waals surface area (Å²) >= 11 is 0. The predicted octanol–water partition coefficient (Wildman–Crippen LogP) is 5.42. The minimum atomic E-state index is 0. The highest BCUT2D eigenvalue weighted by atomic mass is 35.5. The molecule has 1 aliphatic carbocycles. The molecule has 0 amide bonds. The van der Waals surface area contributed by atoms with Gasteiger partial charge in [-0.2, -0.15) is 5.26 Å². The van der Waals surface area contributed by atoms with Crippen LogP contribution in [-0.4, -0.2) is 30.8 Å². The third-order valence-corrected chi connectivity index (χ3v) is 6.13. The summed E-state index contributed by atoms with van der Waals surface area (Å²) in [6.45, 7) is 5.40. The molecule has 0 N–H and O–H groups in total. The van der Waals surface area contributed by atoms with E-state index in [9.17, 15) is 0 Å². The molecule has 2 aliphatic rings. The highest BCUT2D eigenvalue weighted by Gasteiger charge is 2.28. The lowest BCUT2D eigenvalue weighted by Gasteiger charge is -2.21. The molecule has 0 spiro atoms. The molecule has 1 aliphatic heterocycles. The van der Waals surface area contributed by atoms with Gasteiger partial charge in [-0.3, -0.25) is 4.98 Å². The van der Waals surface area contributed by atoms with E-state index >= 15 is 0 Å². The first-order valence-electron chi connectivity index (χ1n) is 11.1. The molecular weight excluding hydrogens is 422 g/mol. The normalized spacial score (nSPS) is 17.8. The summed E-state index contributed by atoms with van der Waals surface area (Å²) in [4.78, 5) is 7.20. The van der Waals surface area contributed by atoms with Crippen molar-refractivity contribution in [2.75, 3.05) is 24.6 Å². The number of fused-ring (bicyclic) bond motifs is 1. The van der Waals surface area contributed by atoms with Gasteiger partial charge in [0, 0.05) is 42.5 Å². The molecule has 32 heavy (non-hydrogen) atoms. The maximum Gasteiger partial charge on any atom is 0.122 e. The fourth-order valence-electron chi connectivity index (χ4n) is 4.15. The van der Waals surface area contributed by atoms with E-state index in [1.807, 2.05) is 43.3 Å². The zero-order chi connectivity index (χ0) is 21.2. The first-order chi connectivity index (χ1) is 15.2. The topological polar surface area (TPSA) is 58.4 Å². The maximum atomic E-state index is 8.93. The monoisotopic (exact) mass is 449 g/mol. The molecule has 6 heteroatoms. The van der Waals surface area contributed by atoms with Crippen LogP contribution in [0.25, 0.3) is 10.9 Å². The lowest BCUT2D eigenvalue weighted by molar-refractivity contribution is 0.0605. The number of benzene rings is 2. The molecule has 0 radical (unpaired) electrons. The van der Waals surface area contributed by atoms with E-state index < -0.39 is 0 Å². The van der Waals surface area contributed by atoms with E-state index in [0.29, 0.717) is 18.3 Å². The van der Waals surface area contributed by atoms with Gasteiger partial charge in [0.25, 0.3) is 0 Å². The summed E-state index contributed by atoms with van der Waals surface area (Å²) < 4.78 is 12.1. The van der Waals surface area contributed by atoms with Crippen LogP contribution in [0.4, 0.5) is 5.69 Å². The van der Waals surface area contributed by atoms with E-state index in [2.05, 4.69) is 23.1 Å². The van der Waals surface area contributed by atoms with Crippen LogP contribution in [0.5, 0.6) is 5.75 Å². The number of ether oxygens (including phenoxy) is 2. The van der Waals surface area contributed by atoms with Gasteiger partial charge >= 0.3 is 0 Å². The van der Waals surface area contributed by atoms with Crippen LogP contribution >= 0.6 is 12.4 Å². The van der Waals surface area contributed by atoms with Crippen molar-refractivity contribution in [3.05, 3.63) is 65.4 Å². The number of halogens is 1. The van der Waals surface area contributed by atoms with Crippen LogP contribution in [0, 0.1) is 24.2 Å². The lowest BCUT2D eigenvalue weighted by atomic mass is 10.1. The Bertz CT molecular complexity index is 1120. The number of anilines is 1. The van der Waals surface area contributed by atoms with Gasteiger partial charge in [0.2, 0.25) is 0 Å². The Balaban J connectivity index is 0.00000245. The van der Waals surface area contributed by atoms with Crippen LogP contribution < -0.4 is 9.64 Å². The number of nitriles is 1. The molecule has 2 fully saturated rings. The second-order valence-electron chi connectivity index (χ2n) is 8.69. The van der Waals surface area contributed by atoms with Crippen LogP contribution in [0.1, 0.15) is 36.1 Å². The van der Waals surface area contributed by atoms with Gasteiger partial charge in [-0.1, -0.05) is 12.1 Å². The number of hydrogen-bond acceptors (Lipinski definition) is 5. The molecule has 2 aromatic carbocycles. The van der Waals surface area contributed by atoms with Crippen molar-refractivity contribution in [3.8, 4) is 11.8 Å². The molecule has 5 rings (SSSR count). The number of aromatic nitrogens is 1. The Hall–Kier alpha value is -2.81. The fraction of sp³-hybridized carbons (Fsp3) is 0.385. The number of pyridine rings is 1. The van der Waals surface area contributed by atoms with Crippen LogP contribution in [0.3, 0.4) is 0 Å². The predicted molar refractivity (Wildman–Crippen MR) is 129 cm³/mol. The number of nitrogens with zero attached hydrogens (tertiary/aromatic N) is 3. The van der Waals surface area contributed by atoms with Crippen LogP contribution in [0.15, 0.2) is 48.5 Å². The molecule has 2 heterocycles. The van der Waals surface area contributed by atoms with Crippen LogP contribution in [-0.2, 0) is 11.3 Å². The number of aryl methyl sites for hydroxylation is 1. The van der Waals surface area contributed by atoms with Crippen molar-refractivity contribution in [2.24, 2.45) is 5.92 Å². The van der Waals surface area contributed by atoms with Crippen molar-refractivity contribution in [1.29, 1.82) is 5.26 Å². The highest BCUT2D eigenvalue weighted by molar-refractivity contribution is 5.93. The largest absolute Gasteiger partial charge is 0.489 e. The molecular formula is C26H28ClN3O2. The summed E-state index contributed by atoms with van der Waals surface area (Å²) in [6.07, 6.45) is 4.08. The van der Waals surface area contributed by atoms with E-state index in [1.54, 1.807) is 0 Å². The Labute approximate surface area is 195 Å². The number of hydrogen-bond donors (Lipinski definition) is 0. The minimum Gasteiger partial charge on any atom is -0.489 e. The molecule has 1 saturated heterocycles. The highest BCUT2D eigenvalue weighted by Crippen LogP contribution is 2.34. The molecule has 166 valence electrons. The second-order valence-corrected chi connectivity index (χ2v) is 8.69. The van der Waals surface area contributed by atoms with Gasteiger partial charge in [-0.05, 0) is 68.0 Å². The maximum absolute atomic E-state index is 8.93. The fourth-order valence-corrected chi connectivity index (χ4v) is 4.15. The van der Waals surface area contributed by atoms with Gasteiger partial charge in [0.15, 0.2) is 0 Å². The summed E-state index contributed by atoms with van der Waals surface area (Å²) in [6, 6.07) is 18.0. The van der Waals surface area contributed by atoms with E-state index in [-0.39, 0.29) is 12.4 Å². The summed E-state index contributed by atoms with van der Waals surface area (Å²) in [5.74, 6) is 1.61. The van der Waals surface area contributed by atoms with Gasteiger partial charge in [0.05, 0.1) is 23.3 Å². The first kappa shape index (κ1) is 22.4. The molecule has 0 unspecified atom stereocenters. The third kappa shape index (κ3) is 5.15. The van der Waals surface area contributed by atoms with E-state index in [4.69, 9.17) is 19.7 Å². The Morgan fingerprint density at radius 1 is 1.09 bits per heavy atom. The lowest BCUT2D eigenvalue weighted by Crippen LogP contribution is -2.23. The standard InChI is InChI=1S/C26H27N3O2.ClH/c1-18-12-26(29-11-10-23(15-29)31-17-21-6-7-21)24-9-8-22(13-25(24)28-18)30-16-20-4-2-19(14-27)3-5-20;/h2-5,8-9,12-13,21,23H,6-7,10-11,15-17H2,1H3;1H/t23-;/m0./s1. The van der Waals surface area contributed by atoms with E-state index in [1.165, 1.54) is 18.5 Å². The molecule has 3 aromatic rings. The van der Waals surface area contributed by atoms with Gasteiger partial charge in [0.1, 0.15) is 12.4 Å². The quantitative estimate of drug-likeness (QED) is 0.482. The van der Waals surface area contributed by atoms with Crippen molar-refractivity contribution in [2.45, 2.75) is 38.9 Å². The summed E-state index contributed by atoms with van der Waals surface area (Å²) in [5, 5.41) is 10.1.